The first-order valence-corrected chi connectivity index (χ1v) is 12.0. The lowest BCUT2D eigenvalue weighted by Crippen LogP contribution is -2.51. The summed E-state index contributed by atoms with van der Waals surface area (Å²) in [6.45, 7) is 11.3. The quantitative estimate of drug-likeness (QED) is 0.603. The van der Waals surface area contributed by atoms with Crippen LogP contribution in [0, 0.1) is 0 Å². The smallest absolute Gasteiger partial charge is 0.229 e. The first kappa shape index (κ1) is 19.6. The number of rotatable bonds is 6. The van der Waals surface area contributed by atoms with Crippen LogP contribution in [0.3, 0.4) is 0 Å². The minimum absolute atomic E-state index is 0.101. The summed E-state index contributed by atoms with van der Waals surface area (Å²) in [7, 11) is -0.298. The standard InChI is InChI=1S/C19H30O6Si/c1-19(2,3)26(5,6)22-11-14-15(20)16-17(25-16)18(24-14)23-13-9-7-12(21-4)8-10-13/h7-10,14-18,20H,11H2,1-6H3/t14-,15-,16-,17-,18+/m1/s1. The zero-order chi connectivity index (χ0) is 19.1. The normalized spacial score (nSPS) is 31.3. The topological polar surface area (TPSA) is 69.7 Å². The van der Waals surface area contributed by atoms with Gasteiger partial charge in [0, 0.05) is 0 Å². The van der Waals surface area contributed by atoms with Crippen LogP contribution in [0.15, 0.2) is 24.3 Å². The minimum atomic E-state index is -1.92. The molecule has 0 spiro atoms. The summed E-state index contributed by atoms with van der Waals surface area (Å²) in [6, 6.07) is 7.31. The molecule has 0 unspecified atom stereocenters. The molecule has 2 aliphatic rings. The molecule has 0 aromatic heterocycles. The van der Waals surface area contributed by atoms with Gasteiger partial charge < -0.3 is 28.5 Å². The molecule has 6 nitrogen and oxygen atoms in total. The van der Waals surface area contributed by atoms with Gasteiger partial charge in [0.1, 0.15) is 35.9 Å². The third-order valence-corrected chi connectivity index (χ3v) is 10.1. The van der Waals surface area contributed by atoms with E-state index in [2.05, 4.69) is 33.9 Å². The van der Waals surface area contributed by atoms with Gasteiger partial charge in [-0.1, -0.05) is 20.8 Å². The van der Waals surface area contributed by atoms with Crippen molar-refractivity contribution in [3.8, 4) is 11.5 Å². The summed E-state index contributed by atoms with van der Waals surface area (Å²) in [5, 5.41) is 10.5. The Morgan fingerprint density at radius 1 is 1.04 bits per heavy atom. The number of epoxide rings is 1. The van der Waals surface area contributed by atoms with E-state index in [0.29, 0.717) is 12.4 Å². The third kappa shape index (κ3) is 4.07. The average Bonchev–Trinajstić information content (AvgIpc) is 3.37. The fourth-order valence-electron chi connectivity index (χ4n) is 2.70. The predicted octanol–water partition coefficient (Wildman–Crippen LogP) is 2.95. The van der Waals surface area contributed by atoms with E-state index in [-0.39, 0.29) is 17.2 Å². The van der Waals surface area contributed by atoms with E-state index in [0.717, 1.165) is 5.75 Å². The van der Waals surface area contributed by atoms with E-state index in [4.69, 9.17) is 23.4 Å². The van der Waals surface area contributed by atoms with Crippen molar-refractivity contribution < 1.29 is 28.5 Å². The molecule has 1 N–H and O–H groups in total. The minimum Gasteiger partial charge on any atom is -0.497 e. The molecule has 1 aromatic carbocycles. The molecular weight excluding hydrogens is 352 g/mol. The zero-order valence-electron chi connectivity index (χ0n) is 16.4. The first-order chi connectivity index (χ1) is 12.1. The zero-order valence-corrected chi connectivity index (χ0v) is 17.4. The van der Waals surface area contributed by atoms with E-state index in [1.807, 2.05) is 24.3 Å². The highest BCUT2D eigenvalue weighted by Gasteiger charge is 2.59. The van der Waals surface area contributed by atoms with Crippen molar-refractivity contribution >= 4 is 8.32 Å². The van der Waals surface area contributed by atoms with Crippen LogP contribution < -0.4 is 9.47 Å². The maximum Gasteiger partial charge on any atom is 0.229 e. The SMILES string of the molecule is COc1ccc(O[C@H]2O[C@H](CO[Si](C)(C)C(C)(C)C)[C@@H](O)[C@H]3O[C@@H]23)cc1. The molecule has 2 saturated heterocycles. The van der Waals surface area contributed by atoms with Crippen LogP contribution in [0.1, 0.15) is 20.8 Å². The van der Waals surface area contributed by atoms with Crippen molar-refractivity contribution in [3.05, 3.63) is 24.3 Å². The first-order valence-electron chi connectivity index (χ1n) is 9.06. The second kappa shape index (κ2) is 7.13. The van der Waals surface area contributed by atoms with Crippen LogP contribution in [-0.2, 0) is 13.9 Å². The summed E-state index contributed by atoms with van der Waals surface area (Å²) in [6.07, 6.45) is -2.20. The van der Waals surface area contributed by atoms with Gasteiger partial charge in [0.15, 0.2) is 8.32 Å². The number of ether oxygens (including phenoxy) is 4. The predicted molar refractivity (Wildman–Crippen MR) is 100 cm³/mol. The molecule has 0 aliphatic carbocycles. The highest BCUT2D eigenvalue weighted by Crippen LogP contribution is 2.40. The van der Waals surface area contributed by atoms with Crippen LogP contribution in [0.4, 0.5) is 0 Å². The van der Waals surface area contributed by atoms with Gasteiger partial charge in [-0.05, 0) is 42.4 Å². The molecule has 0 bridgehead atoms. The number of aliphatic hydroxyl groups excluding tert-OH is 1. The summed E-state index contributed by atoms with van der Waals surface area (Å²) in [5.74, 6) is 1.43. The highest BCUT2D eigenvalue weighted by molar-refractivity contribution is 6.74. The maximum atomic E-state index is 10.4. The van der Waals surface area contributed by atoms with E-state index in [1.165, 1.54) is 0 Å². The van der Waals surface area contributed by atoms with Crippen molar-refractivity contribution in [1.29, 1.82) is 0 Å². The fourth-order valence-corrected chi connectivity index (χ4v) is 3.71. The number of fused-ring (bicyclic) bond motifs is 1. The molecule has 0 amide bonds. The van der Waals surface area contributed by atoms with Gasteiger partial charge in [-0.15, -0.1) is 0 Å². The third-order valence-electron chi connectivity index (χ3n) is 5.58. The second-order valence-corrected chi connectivity index (χ2v) is 13.3. The Morgan fingerprint density at radius 3 is 2.23 bits per heavy atom. The molecule has 0 saturated carbocycles. The lowest BCUT2D eigenvalue weighted by molar-refractivity contribution is -0.181. The maximum absolute atomic E-state index is 10.4. The van der Waals surface area contributed by atoms with E-state index in [9.17, 15) is 5.11 Å². The van der Waals surface area contributed by atoms with Gasteiger partial charge in [0.2, 0.25) is 6.29 Å². The van der Waals surface area contributed by atoms with Crippen molar-refractivity contribution in [1.82, 2.24) is 0 Å². The summed E-state index contributed by atoms with van der Waals surface area (Å²) in [5.41, 5.74) is 0. The Bertz CT molecular complexity index is 611. The van der Waals surface area contributed by atoms with Gasteiger partial charge in [-0.2, -0.15) is 0 Å². The van der Waals surface area contributed by atoms with Crippen LogP contribution in [0.5, 0.6) is 11.5 Å². The second-order valence-electron chi connectivity index (χ2n) is 8.46. The number of hydrogen-bond donors (Lipinski definition) is 1. The van der Waals surface area contributed by atoms with Crippen molar-refractivity contribution in [2.45, 2.75) is 69.6 Å². The molecule has 3 rings (SSSR count). The Labute approximate surface area is 156 Å². The highest BCUT2D eigenvalue weighted by atomic mass is 28.4. The van der Waals surface area contributed by atoms with Gasteiger partial charge in [0.05, 0.1) is 13.7 Å². The Kier molecular flexibility index (Phi) is 5.38. The van der Waals surface area contributed by atoms with Gasteiger partial charge in [0.25, 0.3) is 0 Å². The van der Waals surface area contributed by atoms with Gasteiger partial charge >= 0.3 is 0 Å². The van der Waals surface area contributed by atoms with Crippen molar-refractivity contribution in [2.75, 3.05) is 13.7 Å². The Morgan fingerprint density at radius 2 is 1.65 bits per heavy atom. The van der Waals surface area contributed by atoms with Gasteiger partial charge in [-0.3, -0.25) is 0 Å². The number of hydrogen-bond acceptors (Lipinski definition) is 6. The molecule has 7 heteroatoms. The van der Waals surface area contributed by atoms with E-state index >= 15 is 0 Å². The average molecular weight is 383 g/mol. The number of benzene rings is 1. The number of aliphatic hydroxyl groups is 1. The summed E-state index contributed by atoms with van der Waals surface area (Å²) in [4.78, 5) is 0. The van der Waals surface area contributed by atoms with Crippen LogP contribution in [-0.4, -0.2) is 57.8 Å². The van der Waals surface area contributed by atoms with E-state index < -0.39 is 26.8 Å². The molecule has 2 fully saturated rings. The fraction of sp³-hybridized carbons (Fsp3) is 0.684. The molecular formula is C19H30O6Si. The van der Waals surface area contributed by atoms with E-state index in [1.54, 1.807) is 7.11 Å². The lowest BCUT2D eigenvalue weighted by Gasteiger charge is -2.39. The molecule has 26 heavy (non-hydrogen) atoms. The number of methoxy groups -OCH3 is 1. The van der Waals surface area contributed by atoms with Gasteiger partial charge in [-0.25, -0.2) is 0 Å². The largest absolute Gasteiger partial charge is 0.497 e. The molecule has 2 heterocycles. The Balaban J connectivity index is 1.61. The molecule has 2 aliphatic heterocycles. The molecule has 1 aromatic rings. The van der Waals surface area contributed by atoms with Crippen LogP contribution >= 0.6 is 0 Å². The van der Waals surface area contributed by atoms with Crippen molar-refractivity contribution in [2.24, 2.45) is 0 Å². The monoisotopic (exact) mass is 382 g/mol. The summed E-state index contributed by atoms with van der Waals surface area (Å²) < 4.78 is 28.9. The Hall–Kier alpha value is -1.12. The molecule has 5 atom stereocenters. The molecule has 146 valence electrons. The van der Waals surface area contributed by atoms with Crippen LogP contribution in [0.2, 0.25) is 18.1 Å². The lowest BCUT2D eigenvalue weighted by atomic mass is 10.1. The van der Waals surface area contributed by atoms with Crippen LogP contribution in [0.25, 0.3) is 0 Å². The molecule has 0 radical (unpaired) electrons. The summed E-state index contributed by atoms with van der Waals surface area (Å²) >= 11 is 0. The van der Waals surface area contributed by atoms with Crippen molar-refractivity contribution in [3.63, 3.8) is 0 Å².